The standard InChI is InChI=1S/C14H26N2O2/c1-4-15-7-8-18-13(9-15)10-16-6-5-14(17)11(2)12(16)3/h11-13H,4-10H2,1-3H3. The summed E-state index contributed by atoms with van der Waals surface area (Å²) in [6.45, 7) is 12.3. The van der Waals surface area contributed by atoms with Crippen molar-refractivity contribution in [3.8, 4) is 0 Å². The minimum Gasteiger partial charge on any atom is -0.374 e. The van der Waals surface area contributed by atoms with E-state index in [4.69, 9.17) is 4.74 Å². The number of Topliss-reactive ketones (excluding diaryl/α,β-unsaturated/α-hetero) is 1. The van der Waals surface area contributed by atoms with Crippen LogP contribution in [0, 0.1) is 5.92 Å². The average Bonchev–Trinajstić information content (AvgIpc) is 2.40. The highest BCUT2D eigenvalue weighted by atomic mass is 16.5. The van der Waals surface area contributed by atoms with Crippen molar-refractivity contribution in [3.05, 3.63) is 0 Å². The van der Waals surface area contributed by atoms with Gasteiger partial charge in [-0.3, -0.25) is 14.6 Å². The van der Waals surface area contributed by atoms with E-state index in [1.54, 1.807) is 0 Å². The van der Waals surface area contributed by atoms with Crippen molar-refractivity contribution in [1.82, 2.24) is 9.80 Å². The van der Waals surface area contributed by atoms with Crippen molar-refractivity contribution in [2.75, 3.05) is 39.3 Å². The number of carbonyl (C=O) groups excluding carboxylic acids is 1. The molecule has 0 spiro atoms. The number of ether oxygens (including phenoxy) is 1. The van der Waals surface area contributed by atoms with Crippen molar-refractivity contribution in [3.63, 3.8) is 0 Å². The first kappa shape index (κ1) is 14.0. The summed E-state index contributed by atoms with van der Waals surface area (Å²) >= 11 is 0. The molecule has 2 saturated heterocycles. The summed E-state index contributed by atoms with van der Waals surface area (Å²) in [5, 5.41) is 0. The molecule has 0 aromatic rings. The third kappa shape index (κ3) is 3.11. The molecule has 3 unspecified atom stereocenters. The molecular formula is C14H26N2O2. The molecule has 2 heterocycles. The first-order chi connectivity index (χ1) is 8.61. The normalized spacial score (nSPS) is 35.9. The fraction of sp³-hybridized carbons (Fsp3) is 0.929. The van der Waals surface area contributed by atoms with Gasteiger partial charge in [0.1, 0.15) is 5.78 Å². The van der Waals surface area contributed by atoms with Crippen LogP contribution >= 0.6 is 0 Å². The Bertz CT molecular complexity index is 296. The summed E-state index contributed by atoms with van der Waals surface area (Å²) in [6.07, 6.45) is 1.01. The molecule has 4 nitrogen and oxygen atoms in total. The predicted octanol–water partition coefficient (Wildman–Crippen LogP) is 1.01. The van der Waals surface area contributed by atoms with E-state index in [1.165, 1.54) is 0 Å². The molecule has 3 atom stereocenters. The van der Waals surface area contributed by atoms with Gasteiger partial charge in [0.05, 0.1) is 12.7 Å². The van der Waals surface area contributed by atoms with Crippen LogP contribution in [0.5, 0.6) is 0 Å². The number of morpholine rings is 1. The molecule has 0 bridgehead atoms. The van der Waals surface area contributed by atoms with Crippen molar-refractivity contribution >= 4 is 5.78 Å². The second-order valence-electron chi connectivity index (χ2n) is 5.63. The van der Waals surface area contributed by atoms with E-state index in [0.717, 1.165) is 39.3 Å². The van der Waals surface area contributed by atoms with Gasteiger partial charge in [-0.1, -0.05) is 13.8 Å². The Morgan fingerprint density at radius 1 is 1.33 bits per heavy atom. The number of hydrogen-bond donors (Lipinski definition) is 0. The molecular weight excluding hydrogens is 228 g/mol. The van der Waals surface area contributed by atoms with Crippen LogP contribution in [0.4, 0.5) is 0 Å². The first-order valence-corrected chi connectivity index (χ1v) is 7.22. The molecule has 0 N–H and O–H groups in total. The summed E-state index contributed by atoms with van der Waals surface area (Å²) in [4.78, 5) is 16.5. The van der Waals surface area contributed by atoms with Crippen LogP contribution in [-0.2, 0) is 9.53 Å². The molecule has 2 aliphatic rings. The van der Waals surface area contributed by atoms with Crippen LogP contribution in [0.25, 0.3) is 0 Å². The minimum atomic E-state index is 0.171. The number of nitrogens with zero attached hydrogens (tertiary/aromatic N) is 2. The smallest absolute Gasteiger partial charge is 0.138 e. The largest absolute Gasteiger partial charge is 0.374 e. The number of piperidine rings is 1. The highest BCUT2D eigenvalue weighted by Gasteiger charge is 2.32. The van der Waals surface area contributed by atoms with Gasteiger partial charge in [0.15, 0.2) is 0 Å². The van der Waals surface area contributed by atoms with Gasteiger partial charge in [0.2, 0.25) is 0 Å². The summed E-state index contributed by atoms with van der Waals surface area (Å²) in [5.41, 5.74) is 0. The number of likely N-dealkylation sites (tertiary alicyclic amines) is 1. The van der Waals surface area contributed by atoms with Gasteiger partial charge in [-0.25, -0.2) is 0 Å². The molecule has 0 amide bonds. The Kier molecular flexibility index (Phi) is 4.76. The minimum absolute atomic E-state index is 0.171. The predicted molar refractivity (Wildman–Crippen MR) is 71.7 cm³/mol. The van der Waals surface area contributed by atoms with Gasteiger partial charge in [-0.15, -0.1) is 0 Å². The Hall–Kier alpha value is -0.450. The monoisotopic (exact) mass is 254 g/mol. The topological polar surface area (TPSA) is 32.8 Å². The summed E-state index contributed by atoms with van der Waals surface area (Å²) in [6, 6.07) is 0.354. The number of rotatable bonds is 3. The molecule has 0 aliphatic carbocycles. The van der Waals surface area contributed by atoms with Crippen molar-refractivity contribution in [2.24, 2.45) is 5.92 Å². The zero-order valence-electron chi connectivity index (χ0n) is 11.9. The Balaban J connectivity index is 1.87. The maximum atomic E-state index is 11.7. The van der Waals surface area contributed by atoms with E-state index in [2.05, 4.69) is 30.6 Å². The van der Waals surface area contributed by atoms with Gasteiger partial charge in [0.25, 0.3) is 0 Å². The van der Waals surface area contributed by atoms with E-state index < -0.39 is 0 Å². The van der Waals surface area contributed by atoms with Gasteiger partial charge >= 0.3 is 0 Å². The lowest BCUT2D eigenvalue weighted by Gasteiger charge is -2.41. The molecule has 2 fully saturated rings. The van der Waals surface area contributed by atoms with E-state index in [0.29, 0.717) is 24.3 Å². The molecule has 104 valence electrons. The van der Waals surface area contributed by atoms with E-state index in [1.807, 2.05) is 0 Å². The number of ketones is 1. The van der Waals surface area contributed by atoms with Crippen LogP contribution in [0.2, 0.25) is 0 Å². The fourth-order valence-electron chi connectivity index (χ4n) is 2.97. The van der Waals surface area contributed by atoms with E-state index in [9.17, 15) is 4.79 Å². The van der Waals surface area contributed by atoms with Crippen LogP contribution < -0.4 is 0 Å². The lowest BCUT2D eigenvalue weighted by molar-refractivity contribution is -0.129. The van der Waals surface area contributed by atoms with Crippen LogP contribution in [-0.4, -0.2) is 67.1 Å². The SMILES string of the molecule is CCN1CCOC(CN2CCC(=O)C(C)C2C)C1. The molecule has 18 heavy (non-hydrogen) atoms. The van der Waals surface area contributed by atoms with Crippen LogP contribution in [0.1, 0.15) is 27.2 Å². The highest BCUT2D eigenvalue weighted by molar-refractivity contribution is 5.82. The summed E-state index contributed by atoms with van der Waals surface area (Å²) in [5.74, 6) is 0.586. The van der Waals surface area contributed by atoms with Crippen molar-refractivity contribution < 1.29 is 9.53 Å². The van der Waals surface area contributed by atoms with Crippen molar-refractivity contribution in [2.45, 2.75) is 39.3 Å². The molecule has 4 heteroatoms. The van der Waals surface area contributed by atoms with E-state index >= 15 is 0 Å². The maximum absolute atomic E-state index is 11.7. The Labute approximate surface area is 110 Å². The highest BCUT2D eigenvalue weighted by Crippen LogP contribution is 2.21. The summed E-state index contributed by atoms with van der Waals surface area (Å²) in [7, 11) is 0. The second-order valence-corrected chi connectivity index (χ2v) is 5.63. The van der Waals surface area contributed by atoms with Gasteiger partial charge in [0, 0.05) is 44.6 Å². The number of hydrogen-bond acceptors (Lipinski definition) is 4. The van der Waals surface area contributed by atoms with Gasteiger partial charge < -0.3 is 4.74 Å². The van der Waals surface area contributed by atoms with Gasteiger partial charge in [-0.2, -0.15) is 0 Å². The Morgan fingerprint density at radius 3 is 2.83 bits per heavy atom. The molecule has 2 rings (SSSR count). The van der Waals surface area contributed by atoms with Gasteiger partial charge in [-0.05, 0) is 13.5 Å². The molecule has 0 aromatic heterocycles. The second kappa shape index (κ2) is 6.13. The number of carbonyl (C=O) groups is 1. The van der Waals surface area contributed by atoms with E-state index in [-0.39, 0.29) is 5.92 Å². The molecule has 0 saturated carbocycles. The van der Waals surface area contributed by atoms with Crippen LogP contribution in [0.15, 0.2) is 0 Å². The lowest BCUT2D eigenvalue weighted by atomic mass is 9.90. The fourth-order valence-corrected chi connectivity index (χ4v) is 2.97. The molecule has 0 radical (unpaired) electrons. The van der Waals surface area contributed by atoms with Crippen molar-refractivity contribution in [1.29, 1.82) is 0 Å². The third-order valence-electron chi connectivity index (χ3n) is 4.56. The zero-order valence-corrected chi connectivity index (χ0v) is 11.9. The average molecular weight is 254 g/mol. The number of likely N-dealkylation sites (N-methyl/N-ethyl adjacent to an activating group) is 1. The quantitative estimate of drug-likeness (QED) is 0.752. The van der Waals surface area contributed by atoms with Crippen LogP contribution in [0.3, 0.4) is 0 Å². The first-order valence-electron chi connectivity index (χ1n) is 7.22. The summed E-state index contributed by atoms with van der Waals surface area (Å²) < 4.78 is 5.85. The maximum Gasteiger partial charge on any atom is 0.138 e. The molecule has 0 aromatic carbocycles. The zero-order chi connectivity index (χ0) is 13.1. The molecule has 2 aliphatic heterocycles. The third-order valence-corrected chi connectivity index (χ3v) is 4.56. The lowest BCUT2D eigenvalue weighted by Crippen LogP contribution is -2.53. The Morgan fingerprint density at radius 2 is 2.11 bits per heavy atom.